The Morgan fingerprint density at radius 2 is 2.07 bits per heavy atom. The first-order valence-electron chi connectivity index (χ1n) is 5.35. The lowest BCUT2D eigenvalue weighted by Crippen LogP contribution is -2.31. The largest absolute Gasteiger partial charge is 0.379 e. The summed E-state index contributed by atoms with van der Waals surface area (Å²) < 4.78 is 11.4. The van der Waals surface area contributed by atoms with E-state index in [1.807, 2.05) is 0 Å². The van der Waals surface area contributed by atoms with Crippen LogP contribution in [0.15, 0.2) is 0 Å². The molecule has 2 rings (SSSR count). The maximum atomic E-state index is 5.84. The summed E-state index contributed by atoms with van der Waals surface area (Å²) in [5, 5.41) is 0.653. The maximum absolute atomic E-state index is 5.84. The second kappa shape index (κ2) is 6.26. The fourth-order valence-electron chi connectivity index (χ4n) is 1.72. The van der Waals surface area contributed by atoms with E-state index in [-0.39, 0.29) is 0 Å². The highest BCUT2D eigenvalue weighted by Crippen LogP contribution is 2.27. The van der Waals surface area contributed by atoms with Gasteiger partial charge in [-0.25, -0.2) is 0 Å². The maximum Gasteiger partial charge on any atom is 0.0934 e. The van der Waals surface area contributed by atoms with E-state index in [4.69, 9.17) is 9.47 Å². The summed E-state index contributed by atoms with van der Waals surface area (Å²) in [5.41, 5.74) is 0. The van der Waals surface area contributed by atoms with Crippen LogP contribution in [-0.2, 0) is 9.47 Å². The van der Waals surface area contributed by atoms with Crippen LogP contribution in [0.5, 0.6) is 0 Å². The molecule has 2 fully saturated rings. The van der Waals surface area contributed by atoms with Crippen molar-refractivity contribution in [1.82, 2.24) is 0 Å². The molecular formula is C10H18O2S2. The molecule has 0 bridgehead atoms. The molecule has 2 unspecified atom stereocenters. The molecule has 0 N–H and O–H groups in total. The van der Waals surface area contributed by atoms with Crippen LogP contribution in [0, 0.1) is 0 Å². The smallest absolute Gasteiger partial charge is 0.0934 e. The first-order valence-corrected chi connectivity index (χ1v) is 7.56. The summed E-state index contributed by atoms with van der Waals surface area (Å²) in [4.78, 5) is 0. The van der Waals surface area contributed by atoms with Gasteiger partial charge in [-0.3, -0.25) is 0 Å². The average Bonchev–Trinajstić information content (AvgIpc) is 2.62. The van der Waals surface area contributed by atoms with Crippen molar-refractivity contribution in [2.75, 3.05) is 37.1 Å². The predicted molar refractivity (Wildman–Crippen MR) is 63.4 cm³/mol. The molecule has 0 aromatic rings. The molecule has 0 radical (unpaired) electrons. The molecule has 14 heavy (non-hydrogen) atoms. The highest BCUT2D eigenvalue weighted by molar-refractivity contribution is 8.04. The molecule has 2 aliphatic rings. The average molecular weight is 234 g/mol. The van der Waals surface area contributed by atoms with Gasteiger partial charge in [0.15, 0.2) is 0 Å². The summed E-state index contributed by atoms with van der Waals surface area (Å²) in [6.45, 7) is 2.56. The van der Waals surface area contributed by atoms with Crippen LogP contribution in [0.3, 0.4) is 0 Å². The first-order chi connectivity index (χ1) is 6.97. The highest BCUT2D eigenvalue weighted by atomic mass is 32.2. The fraction of sp³-hybridized carbons (Fsp3) is 1.00. The summed E-state index contributed by atoms with van der Waals surface area (Å²) in [7, 11) is 0. The van der Waals surface area contributed by atoms with Crippen LogP contribution in [0.2, 0.25) is 0 Å². The molecule has 2 heterocycles. The van der Waals surface area contributed by atoms with Crippen molar-refractivity contribution in [3.8, 4) is 0 Å². The standard InChI is InChI=1S/C10H18O2S2/c1-3-11-7-9(12-4-1)10-8-13-5-2-6-14-10/h9-10H,1-8H2. The number of rotatable bonds is 1. The van der Waals surface area contributed by atoms with Crippen molar-refractivity contribution >= 4 is 23.5 Å². The third-order valence-electron chi connectivity index (χ3n) is 2.51. The summed E-state index contributed by atoms with van der Waals surface area (Å²) in [6.07, 6.45) is 2.74. The Balaban J connectivity index is 1.83. The molecule has 4 heteroatoms. The zero-order chi connectivity index (χ0) is 9.64. The Bertz CT molecular complexity index is 132. The molecule has 2 aliphatic heterocycles. The molecule has 2 nitrogen and oxygen atoms in total. The van der Waals surface area contributed by atoms with Gasteiger partial charge in [0.25, 0.3) is 0 Å². The van der Waals surface area contributed by atoms with Gasteiger partial charge in [0, 0.05) is 24.2 Å². The second-order valence-electron chi connectivity index (χ2n) is 3.68. The normalized spacial score (nSPS) is 36.0. The van der Waals surface area contributed by atoms with E-state index in [0.717, 1.165) is 26.2 Å². The van der Waals surface area contributed by atoms with Gasteiger partial charge in [0.1, 0.15) is 0 Å². The predicted octanol–water partition coefficient (Wildman–Crippen LogP) is 2.03. The zero-order valence-electron chi connectivity index (χ0n) is 8.44. The van der Waals surface area contributed by atoms with Crippen LogP contribution in [0.4, 0.5) is 0 Å². The van der Waals surface area contributed by atoms with Gasteiger partial charge in [0.2, 0.25) is 0 Å². The molecule has 2 saturated heterocycles. The van der Waals surface area contributed by atoms with Crippen LogP contribution in [0.1, 0.15) is 12.8 Å². The summed E-state index contributed by atoms with van der Waals surface area (Å²) in [6, 6.07) is 0. The Hall–Kier alpha value is 0.620. The second-order valence-corrected chi connectivity index (χ2v) is 6.17. The van der Waals surface area contributed by atoms with E-state index < -0.39 is 0 Å². The van der Waals surface area contributed by atoms with E-state index in [1.165, 1.54) is 23.7 Å². The van der Waals surface area contributed by atoms with Crippen molar-refractivity contribution in [3.05, 3.63) is 0 Å². The minimum absolute atomic E-state index is 0.341. The van der Waals surface area contributed by atoms with Crippen molar-refractivity contribution in [2.45, 2.75) is 24.2 Å². The third-order valence-corrected chi connectivity index (χ3v) is 5.31. The Kier molecular flexibility index (Phi) is 4.97. The molecule has 0 amide bonds. The van der Waals surface area contributed by atoms with Crippen molar-refractivity contribution in [3.63, 3.8) is 0 Å². The molecular weight excluding hydrogens is 216 g/mol. The van der Waals surface area contributed by atoms with Crippen molar-refractivity contribution in [2.24, 2.45) is 0 Å². The Morgan fingerprint density at radius 3 is 3.07 bits per heavy atom. The van der Waals surface area contributed by atoms with Crippen molar-refractivity contribution < 1.29 is 9.47 Å². The lowest BCUT2D eigenvalue weighted by atomic mass is 10.3. The molecule has 0 saturated carbocycles. The molecule has 0 aromatic carbocycles. The van der Waals surface area contributed by atoms with E-state index >= 15 is 0 Å². The molecule has 0 aromatic heterocycles. The molecule has 0 spiro atoms. The lowest BCUT2D eigenvalue weighted by Gasteiger charge is -2.23. The van der Waals surface area contributed by atoms with Gasteiger partial charge in [-0.1, -0.05) is 0 Å². The SMILES string of the molecule is C1COCC(C2CSCCCS2)OC1. The minimum atomic E-state index is 0.341. The molecule has 82 valence electrons. The fourth-order valence-corrected chi connectivity index (χ4v) is 4.52. The zero-order valence-corrected chi connectivity index (χ0v) is 10.1. The van der Waals surface area contributed by atoms with E-state index in [0.29, 0.717) is 11.4 Å². The highest BCUT2D eigenvalue weighted by Gasteiger charge is 2.25. The van der Waals surface area contributed by atoms with Crippen LogP contribution >= 0.6 is 23.5 Å². The minimum Gasteiger partial charge on any atom is -0.379 e. The number of ether oxygens (including phenoxy) is 2. The van der Waals surface area contributed by atoms with E-state index in [9.17, 15) is 0 Å². The third kappa shape index (κ3) is 3.33. The van der Waals surface area contributed by atoms with Crippen molar-refractivity contribution in [1.29, 1.82) is 0 Å². The van der Waals surface area contributed by atoms with Gasteiger partial charge in [0.05, 0.1) is 12.7 Å². The number of thioether (sulfide) groups is 2. The first kappa shape index (κ1) is 11.1. The van der Waals surface area contributed by atoms with E-state index in [1.54, 1.807) is 0 Å². The van der Waals surface area contributed by atoms with Crippen LogP contribution in [-0.4, -0.2) is 48.4 Å². The summed E-state index contributed by atoms with van der Waals surface area (Å²) >= 11 is 4.14. The quantitative estimate of drug-likeness (QED) is 0.691. The molecule has 0 aliphatic carbocycles. The number of hydrogen-bond acceptors (Lipinski definition) is 4. The van der Waals surface area contributed by atoms with Gasteiger partial charge in [-0.05, 0) is 24.3 Å². The molecule has 2 atom stereocenters. The van der Waals surface area contributed by atoms with Crippen LogP contribution in [0.25, 0.3) is 0 Å². The van der Waals surface area contributed by atoms with Gasteiger partial charge >= 0.3 is 0 Å². The van der Waals surface area contributed by atoms with Gasteiger partial charge in [-0.15, -0.1) is 0 Å². The topological polar surface area (TPSA) is 18.5 Å². The summed E-state index contributed by atoms with van der Waals surface area (Å²) in [5.74, 6) is 3.84. The van der Waals surface area contributed by atoms with Crippen LogP contribution < -0.4 is 0 Å². The number of hydrogen-bond donors (Lipinski definition) is 0. The van der Waals surface area contributed by atoms with Gasteiger partial charge < -0.3 is 9.47 Å². The van der Waals surface area contributed by atoms with E-state index in [2.05, 4.69) is 23.5 Å². The Labute approximate surface area is 94.5 Å². The Morgan fingerprint density at radius 1 is 1.07 bits per heavy atom. The lowest BCUT2D eigenvalue weighted by molar-refractivity contribution is 0.0285. The monoisotopic (exact) mass is 234 g/mol. The van der Waals surface area contributed by atoms with Gasteiger partial charge in [-0.2, -0.15) is 23.5 Å².